The third kappa shape index (κ3) is 1.86. The molecule has 0 aliphatic heterocycles. The number of hydrogen-bond acceptors (Lipinski definition) is 3. The van der Waals surface area contributed by atoms with Gasteiger partial charge in [0.05, 0.1) is 24.3 Å². The van der Waals surface area contributed by atoms with E-state index in [2.05, 4.69) is 0 Å². The first-order valence-electron chi connectivity index (χ1n) is 3.88. The fourth-order valence-electron chi connectivity index (χ4n) is 1.13. The number of carbonyl (C=O) groups excluding carboxylic acids is 1. The van der Waals surface area contributed by atoms with E-state index in [0.717, 1.165) is 0 Å². The Hall–Kier alpha value is -1.53. The lowest BCUT2D eigenvalue weighted by Crippen LogP contribution is -1.98. The standard InChI is InChI=1S/C10H8ClNO2/c1-6-3-8(10(11)13)9(14-2)4-7(6)5-12/h3-4H,1-2H3. The molecule has 1 rings (SSSR count). The molecule has 0 saturated heterocycles. The van der Waals surface area contributed by atoms with Gasteiger partial charge in [-0.15, -0.1) is 0 Å². The summed E-state index contributed by atoms with van der Waals surface area (Å²) in [7, 11) is 1.43. The lowest BCUT2D eigenvalue weighted by Gasteiger charge is -2.06. The highest BCUT2D eigenvalue weighted by Gasteiger charge is 2.12. The van der Waals surface area contributed by atoms with Gasteiger partial charge in [0, 0.05) is 0 Å². The first-order chi connectivity index (χ1) is 6.60. The van der Waals surface area contributed by atoms with Gasteiger partial charge in [0.15, 0.2) is 0 Å². The van der Waals surface area contributed by atoms with Crippen molar-refractivity contribution in [2.45, 2.75) is 6.92 Å². The van der Waals surface area contributed by atoms with Crippen LogP contribution in [-0.4, -0.2) is 12.4 Å². The van der Waals surface area contributed by atoms with Crippen molar-refractivity contribution in [2.75, 3.05) is 7.11 Å². The van der Waals surface area contributed by atoms with Crippen molar-refractivity contribution in [3.05, 3.63) is 28.8 Å². The van der Waals surface area contributed by atoms with Crippen molar-refractivity contribution in [2.24, 2.45) is 0 Å². The van der Waals surface area contributed by atoms with Crippen LogP contribution >= 0.6 is 11.6 Å². The number of benzene rings is 1. The quantitative estimate of drug-likeness (QED) is 0.702. The largest absolute Gasteiger partial charge is 0.496 e. The number of carbonyl (C=O) groups is 1. The Kier molecular flexibility index (Phi) is 3.10. The minimum Gasteiger partial charge on any atom is -0.496 e. The average molecular weight is 210 g/mol. The molecule has 0 spiro atoms. The van der Waals surface area contributed by atoms with E-state index in [0.29, 0.717) is 16.9 Å². The molecule has 0 N–H and O–H groups in total. The van der Waals surface area contributed by atoms with Crippen LogP contribution in [0.1, 0.15) is 21.5 Å². The SMILES string of the molecule is COc1cc(C#N)c(C)cc1C(=O)Cl. The van der Waals surface area contributed by atoms with E-state index >= 15 is 0 Å². The number of halogens is 1. The molecule has 0 heterocycles. The summed E-state index contributed by atoms with van der Waals surface area (Å²) in [6.45, 7) is 1.74. The van der Waals surface area contributed by atoms with Crippen LogP contribution in [0.4, 0.5) is 0 Å². The second kappa shape index (κ2) is 4.12. The minimum atomic E-state index is -0.588. The first kappa shape index (κ1) is 10.6. The second-order valence-electron chi connectivity index (χ2n) is 2.75. The van der Waals surface area contributed by atoms with Gasteiger partial charge < -0.3 is 4.74 Å². The van der Waals surface area contributed by atoms with Gasteiger partial charge in [-0.2, -0.15) is 5.26 Å². The molecule has 0 aliphatic rings. The highest BCUT2D eigenvalue weighted by atomic mass is 35.5. The molecular weight excluding hydrogens is 202 g/mol. The van der Waals surface area contributed by atoms with Gasteiger partial charge in [-0.25, -0.2) is 0 Å². The molecule has 1 aromatic rings. The van der Waals surface area contributed by atoms with E-state index in [4.69, 9.17) is 21.6 Å². The Bertz CT molecular complexity index is 421. The topological polar surface area (TPSA) is 50.1 Å². The van der Waals surface area contributed by atoms with Crippen LogP contribution in [0.5, 0.6) is 5.75 Å². The highest BCUT2D eigenvalue weighted by molar-refractivity contribution is 6.68. The maximum atomic E-state index is 11.0. The van der Waals surface area contributed by atoms with Crippen molar-refractivity contribution >= 4 is 16.8 Å². The number of ether oxygens (including phenoxy) is 1. The number of methoxy groups -OCH3 is 1. The van der Waals surface area contributed by atoms with Gasteiger partial charge in [0.2, 0.25) is 0 Å². The van der Waals surface area contributed by atoms with E-state index in [-0.39, 0.29) is 5.56 Å². The molecule has 0 bridgehead atoms. The lowest BCUT2D eigenvalue weighted by molar-refractivity contribution is 0.107. The molecule has 0 radical (unpaired) electrons. The fraction of sp³-hybridized carbons (Fsp3) is 0.200. The highest BCUT2D eigenvalue weighted by Crippen LogP contribution is 2.24. The van der Waals surface area contributed by atoms with Gasteiger partial charge in [0.1, 0.15) is 5.75 Å². The summed E-state index contributed by atoms with van der Waals surface area (Å²) in [6.07, 6.45) is 0. The van der Waals surface area contributed by atoms with Crippen LogP contribution in [0.25, 0.3) is 0 Å². The summed E-state index contributed by atoms with van der Waals surface area (Å²) in [4.78, 5) is 11.0. The smallest absolute Gasteiger partial charge is 0.256 e. The Morgan fingerprint density at radius 3 is 2.64 bits per heavy atom. The Morgan fingerprint density at radius 2 is 2.21 bits per heavy atom. The van der Waals surface area contributed by atoms with E-state index in [1.165, 1.54) is 13.2 Å². The van der Waals surface area contributed by atoms with Crippen LogP contribution in [-0.2, 0) is 0 Å². The maximum absolute atomic E-state index is 11.0. The Balaban J connectivity index is 3.41. The van der Waals surface area contributed by atoms with Crippen LogP contribution in [0, 0.1) is 18.3 Å². The van der Waals surface area contributed by atoms with Crippen molar-refractivity contribution in [1.29, 1.82) is 5.26 Å². The molecule has 14 heavy (non-hydrogen) atoms. The summed E-state index contributed by atoms with van der Waals surface area (Å²) < 4.78 is 4.95. The van der Waals surface area contributed by atoms with E-state index in [9.17, 15) is 4.79 Å². The molecule has 3 nitrogen and oxygen atoms in total. The molecule has 0 atom stereocenters. The Morgan fingerprint density at radius 1 is 1.57 bits per heavy atom. The number of rotatable bonds is 2. The van der Waals surface area contributed by atoms with Crippen molar-refractivity contribution in [3.63, 3.8) is 0 Å². The second-order valence-corrected chi connectivity index (χ2v) is 3.10. The molecule has 0 amide bonds. The molecule has 72 valence electrons. The van der Waals surface area contributed by atoms with Gasteiger partial charge in [-0.3, -0.25) is 4.79 Å². The average Bonchev–Trinajstić information content (AvgIpc) is 2.17. The predicted molar refractivity (Wildman–Crippen MR) is 52.6 cm³/mol. The van der Waals surface area contributed by atoms with Gasteiger partial charge in [-0.1, -0.05) is 0 Å². The van der Waals surface area contributed by atoms with Gasteiger partial charge in [-0.05, 0) is 36.2 Å². The monoisotopic (exact) mass is 209 g/mol. The van der Waals surface area contributed by atoms with Crippen LogP contribution < -0.4 is 4.74 Å². The number of nitrogens with zero attached hydrogens (tertiary/aromatic N) is 1. The molecule has 0 unspecified atom stereocenters. The van der Waals surface area contributed by atoms with E-state index in [1.54, 1.807) is 13.0 Å². The maximum Gasteiger partial charge on any atom is 0.256 e. The summed E-state index contributed by atoms with van der Waals surface area (Å²) in [5.74, 6) is 0.326. The molecular formula is C10H8ClNO2. The normalized spacial score (nSPS) is 9.29. The molecule has 0 aromatic heterocycles. The van der Waals surface area contributed by atoms with E-state index < -0.39 is 5.24 Å². The summed E-state index contributed by atoms with van der Waals surface area (Å²) in [5, 5.41) is 8.16. The third-order valence-electron chi connectivity index (χ3n) is 1.88. The van der Waals surface area contributed by atoms with Crippen molar-refractivity contribution in [1.82, 2.24) is 0 Å². The number of nitriles is 1. The zero-order valence-electron chi connectivity index (χ0n) is 7.80. The van der Waals surface area contributed by atoms with Gasteiger partial charge in [0.25, 0.3) is 5.24 Å². The van der Waals surface area contributed by atoms with Crippen molar-refractivity contribution in [3.8, 4) is 11.8 Å². The number of aryl methyl sites for hydroxylation is 1. The van der Waals surface area contributed by atoms with Gasteiger partial charge >= 0.3 is 0 Å². The predicted octanol–water partition coefficient (Wildman–Crippen LogP) is 2.25. The Labute approximate surface area is 86.9 Å². The lowest BCUT2D eigenvalue weighted by atomic mass is 10.1. The van der Waals surface area contributed by atoms with E-state index in [1.807, 2.05) is 6.07 Å². The third-order valence-corrected chi connectivity index (χ3v) is 2.08. The molecule has 0 saturated carbocycles. The minimum absolute atomic E-state index is 0.283. The summed E-state index contributed by atoms with van der Waals surface area (Å²) in [6, 6.07) is 5.05. The molecule has 1 aromatic carbocycles. The first-order valence-corrected chi connectivity index (χ1v) is 4.26. The molecule has 4 heteroatoms. The molecule has 0 fully saturated rings. The summed E-state index contributed by atoms with van der Waals surface area (Å²) in [5.41, 5.74) is 1.46. The van der Waals surface area contributed by atoms with Crippen molar-refractivity contribution < 1.29 is 9.53 Å². The number of hydrogen-bond donors (Lipinski definition) is 0. The van der Waals surface area contributed by atoms with Crippen LogP contribution in [0.3, 0.4) is 0 Å². The summed E-state index contributed by atoms with van der Waals surface area (Å²) >= 11 is 5.35. The fourth-order valence-corrected chi connectivity index (χ4v) is 1.28. The molecule has 0 aliphatic carbocycles. The zero-order valence-corrected chi connectivity index (χ0v) is 8.55. The zero-order chi connectivity index (χ0) is 10.7. The van der Waals surface area contributed by atoms with Crippen LogP contribution in [0.15, 0.2) is 12.1 Å². The van der Waals surface area contributed by atoms with Crippen LogP contribution in [0.2, 0.25) is 0 Å².